The van der Waals surface area contributed by atoms with Gasteiger partial charge in [0.25, 0.3) is 11.8 Å². The number of benzene rings is 1. The topological polar surface area (TPSA) is 103 Å². The summed E-state index contributed by atoms with van der Waals surface area (Å²) in [6.07, 6.45) is 4.51. The predicted octanol–water partition coefficient (Wildman–Crippen LogP) is 2.44. The van der Waals surface area contributed by atoms with Crippen LogP contribution in [-0.2, 0) is 0 Å². The van der Waals surface area contributed by atoms with Gasteiger partial charge in [0.15, 0.2) is 5.69 Å². The highest BCUT2D eigenvalue weighted by Crippen LogP contribution is 2.62. The summed E-state index contributed by atoms with van der Waals surface area (Å²) in [7, 11) is 0. The van der Waals surface area contributed by atoms with Gasteiger partial charge in [-0.15, -0.1) is 5.10 Å². The Morgan fingerprint density at radius 1 is 1.30 bits per heavy atom. The van der Waals surface area contributed by atoms with Crippen molar-refractivity contribution in [1.29, 1.82) is 0 Å². The summed E-state index contributed by atoms with van der Waals surface area (Å²) < 4.78 is 1.76. The molecule has 2 saturated carbocycles. The maximum Gasteiger partial charge on any atom is 0.270 e. The van der Waals surface area contributed by atoms with Gasteiger partial charge < -0.3 is 11.1 Å². The number of carbonyl (C=O) groups excluding carboxylic acids is 2. The van der Waals surface area contributed by atoms with E-state index in [-0.39, 0.29) is 23.7 Å². The van der Waals surface area contributed by atoms with Crippen molar-refractivity contribution in [3.8, 4) is 0 Å². The van der Waals surface area contributed by atoms with E-state index in [0.29, 0.717) is 28.3 Å². The lowest BCUT2D eigenvalue weighted by Gasteiger charge is -2.21. The summed E-state index contributed by atoms with van der Waals surface area (Å²) >= 11 is 5.89. The molecule has 0 bridgehead atoms. The zero-order chi connectivity index (χ0) is 19.1. The van der Waals surface area contributed by atoms with E-state index in [4.69, 9.17) is 17.3 Å². The van der Waals surface area contributed by atoms with Crippen LogP contribution in [0.3, 0.4) is 0 Å². The van der Waals surface area contributed by atoms with Crippen LogP contribution in [0.15, 0.2) is 30.5 Å². The Hall–Kier alpha value is -2.41. The van der Waals surface area contributed by atoms with E-state index in [1.54, 1.807) is 35.1 Å². The minimum Gasteiger partial charge on any atom is -0.364 e. The van der Waals surface area contributed by atoms with Gasteiger partial charge in [-0.2, -0.15) is 0 Å². The molecule has 3 unspecified atom stereocenters. The fraction of sp³-hybridized carbons (Fsp3) is 0.474. The number of aromatic nitrogens is 3. The van der Waals surface area contributed by atoms with Gasteiger partial charge in [-0.3, -0.25) is 9.59 Å². The summed E-state index contributed by atoms with van der Waals surface area (Å²) in [4.78, 5) is 23.7. The number of hydrogen-bond acceptors (Lipinski definition) is 4. The smallest absolute Gasteiger partial charge is 0.270 e. The Balaban J connectivity index is 1.36. The molecule has 142 valence electrons. The fourth-order valence-electron chi connectivity index (χ4n) is 4.57. The van der Waals surface area contributed by atoms with E-state index in [1.165, 1.54) is 0 Å². The highest BCUT2D eigenvalue weighted by molar-refractivity contribution is 6.30. The van der Waals surface area contributed by atoms with E-state index in [1.807, 2.05) is 0 Å². The first-order valence-corrected chi connectivity index (χ1v) is 9.63. The largest absolute Gasteiger partial charge is 0.364 e. The summed E-state index contributed by atoms with van der Waals surface area (Å²) in [5.74, 6) is 1.04. The molecular weight excluding hydrogens is 366 g/mol. The van der Waals surface area contributed by atoms with E-state index in [2.05, 4.69) is 22.6 Å². The summed E-state index contributed by atoms with van der Waals surface area (Å²) in [6, 6.07) is 7.37. The molecule has 0 aliphatic heterocycles. The van der Waals surface area contributed by atoms with Crippen molar-refractivity contribution in [2.24, 2.45) is 23.5 Å². The van der Waals surface area contributed by atoms with Gasteiger partial charge in [0, 0.05) is 16.6 Å². The van der Waals surface area contributed by atoms with E-state index < -0.39 is 5.91 Å². The SMILES string of the molecule is CCC(NC(=O)c1ccc(Cl)cc1)C1C2CC(n3cc(C(N)=O)nn3)CC21. The second kappa shape index (κ2) is 6.96. The molecule has 1 aromatic heterocycles. The zero-order valence-corrected chi connectivity index (χ0v) is 15.8. The van der Waals surface area contributed by atoms with Gasteiger partial charge in [0.05, 0.1) is 12.2 Å². The number of fused-ring (bicyclic) bond motifs is 1. The van der Waals surface area contributed by atoms with Gasteiger partial charge >= 0.3 is 0 Å². The first kappa shape index (κ1) is 18.0. The average molecular weight is 388 g/mol. The fourth-order valence-corrected chi connectivity index (χ4v) is 4.69. The van der Waals surface area contributed by atoms with Crippen molar-refractivity contribution < 1.29 is 9.59 Å². The number of hydrogen-bond donors (Lipinski definition) is 2. The lowest BCUT2D eigenvalue weighted by atomic mass is 9.99. The standard InChI is InChI=1S/C19H22ClN5O2/c1-2-15(22-19(27)10-3-5-11(20)6-4-10)17-13-7-12(8-14(13)17)25-9-16(18(21)26)23-24-25/h3-6,9,12-15,17H,2,7-8H2,1H3,(H2,21,26)(H,22,27). The highest BCUT2D eigenvalue weighted by atomic mass is 35.5. The van der Waals surface area contributed by atoms with E-state index >= 15 is 0 Å². The number of rotatable bonds is 6. The van der Waals surface area contributed by atoms with Gasteiger partial charge in [0.2, 0.25) is 0 Å². The molecule has 0 radical (unpaired) electrons. The maximum absolute atomic E-state index is 12.5. The van der Waals surface area contributed by atoms with Crippen molar-refractivity contribution in [3.63, 3.8) is 0 Å². The lowest BCUT2D eigenvalue weighted by Crippen LogP contribution is -2.37. The third-order valence-electron chi connectivity index (χ3n) is 5.95. The lowest BCUT2D eigenvalue weighted by molar-refractivity contribution is 0.0926. The van der Waals surface area contributed by atoms with Crippen LogP contribution in [0, 0.1) is 17.8 Å². The van der Waals surface area contributed by atoms with Crippen molar-refractivity contribution >= 4 is 23.4 Å². The Morgan fingerprint density at radius 3 is 2.52 bits per heavy atom. The van der Waals surface area contributed by atoms with Crippen molar-refractivity contribution in [3.05, 3.63) is 46.7 Å². The molecule has 3 atom stereocenters. The number of nitrogens with zero attached hydrogens (tertiary/aromatic N) is 3. The molecule has 0 saturated heterocycles. The monoisotopic (exact) mass is 387 g/mol. The van der Waals surface area contributed by atoms with Crippen LogP contribution >= 0.6 is 11.6 Å². The second-order valence-electron chi connectivity index (χ2n) is 7.47. The van der Waals surface area contributed by atoms with Crippen molar-refractivity contribution in [1.82, 2.24) is 20.3 Å². The maximum atomic E-state index is 12.5. The molecule has 2 aliphatic carbocycles. The molecule has 2 aliphatic rings. The van der Waals surface area contributed by atoms with Crippen LogP contribution in [0.25, 0.3) is 0 Å². The van der Waals surface area contributed by atoms with E-state index in [9.17, 15) is 9.59 Å². The van der Waals surface area contributed by atoms with Crippen LogP contribution in [0.2, 0.25) is 5.02 Å². The molecule has 1 aromatic carbocycles. The van der Waals surface area contributed by atoms with Crippen LogP contribution in [-0.4, -0.2) is 32.9 Å². The van der Waals surface area contributed by atoms with Crippen LogP contribution < -0.4 is 11.1 Å². The highest BCUT2D eigenvalue weighted by Gasteiger charge is 2.59. The molecule has 3 N–H and O–H groups in total. The Morgan fingerprint density at radius 2 is 1.96 bits per heavy atom. The number of halogens is 1. The normalized spacial score (nSPS) is 27.0. The Labute approximate surface area is 162 Å². The van der Waals surface area contributed by atoms with Crippen LogP contribution in [0.1, 0.15) is 53.1 Å². The second-order valence-corrected chi connectivity index (χ2v) is 7.91. The van der Waals surface area contributed by atoms with Gasteiger partial charge in [-0.1, -0.05) is 23.7 Å². The van der Waals surface area contributed by atoms with Gasteiger partial charge in [0.1, 0.15) is 0 Å². The van der Waals surface area contributed by atoms with Crippen LogP contribution in [0.4, 0.5) is 0 Å². The summed E-state index contributed by atoms with van der Waals surface area (Å²) in [5.41, 5.74) is 6.07. The van der Waals surface area contributed by atoms with Crippen molar-refractivity contribution in [2.45, 2.75) is 38.3 Å². The molecular formula is C19H22ClN5O2. The minimum atomic E-state index is -0.557. The summed E-state index contributed by atoms with van der Waals surface area (Å²) in [6.45, 7) is 2.11. The Kier molecular flexibility index (Phi) is 4.63. The first-order chi connectivity index (χ1) is 13.0. The molecule has 2 amide bonds. The molecule has 2 aromatic rings. The number of primary amides is 1. The van der Waals surface area contributed by atoms with Gasteiger partial charge in [-0.25, -0.2) is 4.68 Å². The number of carbonyl (C=O) groups is 2. The average Bonchev–Trinajstić information content (AvgIpc) is 3.05. The quantitative estimate of drug-likeness (QED) is 0.794. The van der Waals surface area contributed by atoms with Crippen LogP contribution in [0.5, 0.6) is 0 Å². The zero-order valence-electron chi connectivity index (χ0n) is 15.0. The predicted molar refractivity (Wildman–Crippen MR) is 100 cm³/mol. The molecule has 1 heterocycles. The number of nitrogens with one attached hydrogen (secondary N) is 1. The number of amides is 2. The minimum absolute atomic E-state index is 0.0533. The third kappa shape index (κ3) is 3.43. The molecule has 8 heteroatoms. The van der Waals surface area contributed by atoms with Gasteiger partial charge in [-0.05, 0) is 61.3 Å². The first-order valence-electron chi connectivity index (χ1n) is 9.26. The van der Waals surface area contributed by atoms with Crippen molar-refractivity contribution in [2.75, 3.05) is 0 Å². The molecule has 2 fully saturated rings. The molecule has 4 rings (SSSR count). The van der Waals surface area contributed by atoms with E-state index in [0.717, 1.165) is 19.3 Å². The molecule has 0 spiro atoms. The number of nitrogens with two attached hydrogens (primary N) is 1. The third-order valence-corrected chi connectivity index (χ3v) is 6.20. The molecule has 7 nitrogen and oxygen atoms in total. The Bertz CT molecular complexity index is 853. The summed E-state index contributed by atoms with van der Waals surface area (Å²) in [5, 5.41) is 11.7. The molecule has 27 heavy (non-hydrogen) atoms.